The largest absolute Gasteiger partial charge is 0.695 e. The Balaban J connectivity index is 1.20. The molecule has 2 fully saturated rings. The van der Waals surface area contributed by atoms with E-state index >= 15 is 0 Å². The number of aromatic amines is 1. The topological polar surface area (TPSA) is 294 Å². The lowest BCUT2D eigenvalue weighted by molar-refractivity contribution is -0.0608. The fourth-order valence-electron chi connectivity index (χ4n) is 4.97. The average molecular weight is 644 g/mol. The summed E-state index contributed by atoms with van der Waals surface area (Å²) >= 11 is 0. The number of hydrogen-bond acceptors (Lipinski definition) is 16. The van der Waals surface area contributed by atoms with Crippen LogP contribution in [0.15, 0.2) is 30.1 Å². The van der Waals surface area contributed by atoms with Crippen LogP contribution in [-0.4, -0.2) is 103 Å². The third-order valence-corrected chi connectivity index (χ3v) is 8.28. The van der Waals surface area contributed by atoms with Crippen LogP contribution in [-0.2, 0) is 32.2 Å². The Bertz CT molecular complexity index is 1770. The van der Waals surface area contributed by atoms with Crippen molar-refractivity contribution in [3.05, 3.63) is 35.7 Å². The van der Waals surface area contributed by atoms with Gasteiger partial charge in [0.2, 0.25) is 0 Å². The number of nitrogen functional groups attached to an aromatic ring is 1. The summed E-state index contributed by atoms with van der Waals surface area (Å²) in [4.78, 5) is 54.5. The summed E-state index contributed by atoms with van der Waals surface area (Å²) in [6, 6.07) is 0. The Morgan fingerprint density at radius 2 is 1.84 bits per heavy atom. The van der Waals surface area contributed by atoms with Crippen molar-refractivity contribution >= 4 is 44.2 Å². The summed E-state index contributed by atoms with van der Waals surface area (Å²) in [7, 11) is -8.18. The maximum Gasteiger partial charge on any atom is 0.695 e. The van der Waals surface area contributed by atoms with Gasteiger partial charge in [0.05, 0.1) is 38.3 Å². The molecule has 2 aliphatic rings. The van der Waals surface area contributed by atoms with Gasteiger partial charge in [0.15, 0.2) is 41.2 Å². The molecule has 23 heteroatoms. The van der Waals surface area contributed by atoms with Crippen molar-refractivity contribution in [1.29, 1.82) is 0 Å². The van der Waals surface area contributed by atoms with Crippen LogP contribution >= 0.6 is 16.1 Å². The molecule has 6 heterocycles. The second kappa shape index (κ2) is 11.6. The zero-order valence-corrected chi connectivity index (χ0v) is 23.4. The minimum atomic E-state index is -4.94. The van der Waals surface area contributed by atoms with Gasteiger partial charge in [-0.3, -0.25) is 23.0 Å². The van der Waals surface area contributed by atoms with Crippen molar-refractivity contribution in [3.8, 4) is 0 Å². The fourth-order valence-corrected chi connectivity index (χ4v) is 6.36. The maximum absolute atomic E-state index is 13.1. The van der Waals surface area contributed by atoms with Gasteiger partial charge in [-0.15, -0.1) is 9.42 Å². The molecule has 0 aromatic carbocycles. The second-order valence-electron chi connectivity index (χ2n) is 9.48. The number of rotatable bonds is 10. The van der Waals surface area contributed by atoms with E-state index in [1.54, 1.807) is 0 Å². The van der Waals surface area contributed by atoms with E-state index in [4.69, 9.17) is 28.8 Å². The Labute approximate surface area is 239 Å². The van der Waals surface area contributed by atoms with E-state index in [1.807, 2.05) is 0 Å². The van der Waals surface area contributed by atoms with Crippen molar-refractivity contribution in [2.75, 3.05) is 18.9 Å². The van der Waals surface area contributed by atoms with Gasteiger partial charge in [0, 0.05) is 11.0 Å². The molecular weight excluding hydrogens is 620 g/mol. The van der Waals surface area contributed by atoms with Crippen molar-refractivity contribution in [2.45, 2.75) is 49.4 Å². The van der Waals surface area contributed by atoms with Gasteiger partial charge in [-0.05, 0) is 0 Å². The van der Waals surface area contributed by atoms with Gasteiger partial charge < -0.3 is 35.3 Å². The van der Waals surface area contributed by atoms with Crippen LogP contribution < -0.4 is 11.3 Å². The fraction of sp³-hybridized carbons (Fsp3) is 0.500. The maximum atomic E-state index is 13.1. The molecule has 2 aliphatic heterocycles. The highest BCUT2D eigenvalue weighted by atomic mass is 31.2. The number of hydrogen-bond donors (Lipinski definition) is 6. The number of aliphatic hydroxyl groups is 2. The number of ether oxygens (including phenoxy) is 2. The summed E-state index contributed by atoms with van der Waals surface area (Å²) in [6.07, 6.45) is -4.10. The Kier molecular flexibility index (Phi) is 8.05. The number of nitrogens with one attached hydrogen (secondary N) is 1. The van der Waals surface area contributed by atoms with Gasteiger partial charge in [-0.1, -0.05) is 0 Å². The number of phosphoric acid groups is 1. The molecule has 0 spiro atoms. The van der Waals surface area contributed by atoms with Crippen LogP contribution in [0, 0.1) is 0 Å². The lowest BCUT2D eigenvalue weighted by Crippen LogP contribution is -2.35. The van der Waals surface area contributed by atoms with Crippen molar-refractivity contribution in [3.63, 3.8) is 0 Å². The first-order valence-electron chi connectivity index (χ1n) is 12.5. The van der Waals surface area contributed by atoms with Gasteiger partial charge >= 0.3 is 16.1 Å². The van der Waals surface area contributed by atoms with E-state index in [1.165, 1.54) is 21.8 Å². The minimum absolute atomic E-state index is 0.0136. The van der Waals surface area contributed by atoms with Crippen molar-refractivity contribution in [2.24, 2.45) is 0 Å². The molecule has 0 saturated carbocycles. The number of anilines is 1. The molecule has 21 nitrogen and oxygen atoms in total. The van der Waals surface area contributed by atoms with Crippen LogP contribution in [0.5, 0.6) is 0 Å². The van der Waals surface area contributed by atoms with Gasteiger partial charge in [0.1, 0.15) is 30.2 Å². The predicted octanol–water partition coefficient (Wildman–Crippen LogP) is -1.38. The SMILES string of the molecule is Nc1ncnc2c1ncn2[C@@H]1O[C@H](COP(=O)(O)O[C@@H]2C[C@@H](CO)O[C@H]2n2cnc3c(=O)[nH]cnc32)[C@@H](O[P+](=O)O)[C@H]1O. The van der Waals surface area contributed by atoms with E-state index in [2.05, 4.69) is 29.9 Å². The van der Waals surface area contributed by atoms with E-state index in [9.17, 15) is 33.9 Å². The van der Waals surface area contributed by atoms with Crippen LogP contribution in [0.4, 0.5) is 5.82 Å². The molecule has 0 amide bonds. The molecular formula is C20H24N9O12P2+. The summed E-state index contributed by atoms with van der Waals surface area (Å²) in [5.41, 5.74) is 5.76. The van der Waals surface area contributed by atoms with Crippen LogP contribution in [0.3, 0.4) is 0 Å². The first-order valence-corrected chi connectivity index (χ1v) is 15.1. The van der Waals surface area contributed by atoms with Crippen molar-refractivity contribution in [1.82, 2.24) is 39.0 Å². The molecule has 43 heavy (non-hydrogen) atoms. The molecule has 0 bridgehead atoms. The number of nitrogens with zero attached hydrogens (tertiary/aromatic N) is 7. The standard InChI is InChI=1S/C20H23N9O12P2/c21-15-11-16(23-4-22-15)29(6-26-11)20-13(31)14(40-42(33)34)10(39-20)3-37-43(35,36)41-9-1-8(2-30)38-19(9)28-7-27-12-17(28)24-5-25-18(12)32/h4-10,13-14,19-20,30-31H,1-3H2,(H4-,21,22,23,24,25,32,33,34,35,36)/p+1/t8-,9+,10+,13+,14+,19+,20+/m0/s1. The van der Waals surface area contributed by atoms with Gasteiger partial charge in [-0.2, -0.15) is 0 Å². The first kappa shape index (κ1) is 29.7. The van der Waals surface area contributed by atoms with Gasteiger partial charge in [0.25, 0.3) is 5.56 Å². The normalized spacial score (nSPS) is 29.4. The van der Waals surface area contributed by atoms with Crippen LogP contribution in [0.1, 0.15) is 18.9 Å². The third-order valence-electron chi connectivity index (χ3n) is 6.84. The van der Waals surface area contributed by atoms with E-state index in [0.29, 0.717) is 0 Å². The smallest absolute Gasteiger partial charge is 0.394 e. The third kappa shape index (κ3) is 5.68. The number of nitrogens with two attached hydrogens (primary N) is 1. The monoisotopic (exact) mass is 644 g/mol. The molecule has 4 aromatic heterocycles. The zero-order valence-electron chi connectivity index (χ0n) is 21.6. The van der Waals surface area contributed by atoms with Crippen LogP contribution in [0.2, 0.25) is 0 Å². The van der Waals surface area contributed by atoms with E-state index < -0.39 is 77.8 Å². The molecule has 4 aromatic rings. The van der Waals surface area contributed by atoms with Gasteiger partial charge in [-0.25, -0.2) is 29.5 Å². The Morgan fingerprint density at radius 3 is 2.58 bits per heavy atom. The molecule has 6 rings (SSSR count). The highest BCUT2D eigenvalue weighted by Crippen LogP contribution is 2.50. The Morgan fingerprint density at radius 1 is 1.12 bits per heavy atom. The predicted molar refractivity (Wildman–Crippen MR) is 139 cm³/mol. The van der Waals surface area contributed by atoms with Crippen molar-refractivity contribution < 1.29 is 52.2 Å². The lowest BCUT2D eigenvalue weighted by Gasteiger charge is -2.23. The highest BCUT2D eigenvalue weighted by molar-refractivity contribution is 7.47. The summed E-state index contributed by atoms with van der Waals surface area (Å²) in [5, 5.41) is 20.6. The first-order chi connectivity index (χ1) is 20.6. The minimum Gasteiger partial charge on any atom is -0.394 e. The van der Waals surface area contributed by atoms with Crippen LogP contribution in [0.25, 0.3) is 22.3 Å². The number of fused-ring (bicyclic) bond motifs is 2. The molecule has 7 N–H and O–H groups in total. The summed E-state index contributed by atoms with van der Waals surface area (Å²) in [6.45, 7) is -1.19. The summed E-state index contributed by atoms with van der Waals surface area (Å²) in [5.74, 6) is 0.0598. The molecule has 2 unspecified atom stereocenters. The number of aromatic nitrogens is 8. The molecule has 230 valence electrons. The average Bonchev–Trinajstić information content (AvgIpc) is 3.73. The van der Waals surface area contributed by atoms with E-state index in [-0.39, 0.29) is 34.6 Å². The summed E-state index contributed by atoms with van der Waals surface area (Å²) < 4.78 is 54.3. The molecule has 9 atom stereocenters. The number of imidazole rings is 2. The quantitative estimate of drug-likeness (QED) is 0.108. The number of aliphatic hydroxyl groups excluding tert-OH is 2. The number of phosphoric ester groups is 1. The highest BCUT2D eigenvalue weighted by Gasteiger charge is 2.51. The molecule has 0 radical (unpaired) electrons. The van der Waals surface area contributed by atoms with E-state index in [0.717, 1.165) is 12.7 Å². The zero-order chi connectivity index (χ0) is 30.5. The Hall–Kier alpha value is -3.33. The lowest BCUT2D eigenvalue weighted by atomic mass is 10.1. The number of H-pyrrole nitrogens is 1. The molecule has 0 aliphatic carbocycles. The molecule has 2 saturated heterocycles. The second-order valence-corrected chi connectivity index (χ2v) is 11.6.